The Morgan fingerprint density at radius 1 is 1.19 bits per heavy atom. The van der Waals surface area contributed by atoms with Gasteiger partial charge >= 0.3 is 0 Å². The summed E-state index contributed by atoms with van der Waals surface area (Å²) in [5, 5.41) is 8.47. The Hall–Kier alpha value is -2.46. The van der Waals surface area contributed by atoms with E-state index in [0.29, 0.717) is 21.6 Å². The van der Waals surface area contributed by atoms with Crippen LogP contribution in [-0.4, -0.2) is 77.9 Å². The zero-order chi connectivity index (χ0) is 25.4. The Morgan fingerprint density at radius 2 is 2.00 bits per heavy atom. The third-order valence-corrected chi connectivity index (χ3v) is 8.48. The molecule has 3 aromatic rings. The van der Waals surface area contributed by atoms with Crippen molar-refractivity contribution in [2.24, 2.45) is 5.92 Å². The van der Waals surface area contributed by atoms with Crippen molar-refractivity contribution < 1.29 is 9.59 Å². The second kappa shape index (κ2) is 10.5. The number of nitrogens with zero attached hydrogens (tertiary/aromatic N) is 3. The Bertz CT molecular complexity index is 1270. The molecule has 1 aliphatic carbocycles. The topological polar surface area (TPSA) is 93.4 Å². The molecule has 192 valence electrons. The highest BCUT2D eigenvalue weighted by atomic mass is 35.5. The lowest BCUT2D eigenvalue weighted by Gasteiger charge is -2.37. The Kier molecular flexibility index (Phi) is 7.35. The minimum Gasteiger partial charge on any atom is -0.351 e. The van der Waals surface area contributed by atoms with E-state index in [1.54, 1.807) is 6.07 Å². The number of nitrogens with one attached hydrogen (secondary N) is 3. The number of aromatic amines is 1. The molecule has 2 aromatic heterocycles. The van der Waals surface area contributed by atoms with Crippen LogP contribution in [0.4, 0.5) is 0 Å². The van der Waals surface area contributed by atoms with Crippen LogP contribution in [0.25, 0.3) is 10.9 Å². The molecule has 0 saturated heterocycles. The van der Waals surface area contributed by atoms with Crippen LogP contribution in [0.3, 0.4) is 0 Å². The minimum absolute atomic E-state index is 0.146. The molecule has 1 aromatic carbocycles. The first kappa shape index (κ1) is 25.2. The van der Waals surface area contributed by atoms with Gasteiger partial charge in [0.25, 0.3) is 11.8 Å². The Morgan fingerprint density at radius 3 is 2.81 bits per heavy atom. The third kappa shape index (κ3) is 5.59. The summed E-state index contributed by atoms with van der Waals surface area (Å²) in [5.74, 6) is 0.129. The van der Waals surface area contributed by atoms with E-state index in [0.717, 1.165) is 61.9 Å². The fourth-order valence-electron chi connectivity index (χ4n) is 5.39. The number of amides is 2. The number of aromatic nitrogens is 2. The molecular weight excluding hydrogens is 496 g/mol. The maximum atomic E-state index is 13.3. The Balaban J connectivity index is 1.31. The predicted molar refractivity (Wildman–Crippen MR) is 144 cm³/mol. The summed E-state index contributed by atoms with van der Waals surface area (Å²) in [6.07, 6.45) is 3.49. The summed E-state index contributed by atoms with van der Waals surface area (Å²) < 4.78 is 0. The van der Waals surface area contributed by atoms with Crippen molar-refractivity contribution >= 4 is 45.7 Å². The number of thiazole rings is 1. The van der Waals surface area contributed by atoms with Crippen LogP contribution in [0.1, 0.15) is 50.1 Å². The van der Waals surface area contributed by atoms with Crippen molar-refractivity contribution in [1.29, 1.82) is 0 Å². The van der Waals surface area contributed by atoms with Gasteiger partial charge in [0.05, 0.1) is 5.69 Å². The van der Waals surface area contributed by atoms with E-state index in [1.807, 2.05) is 18.2 Å². The fourth-order valence-corrected chi connectivity index (χ4v) is 6.67. The highest BCUT2D eigenvalue weighted by Crippen LogP contribution is 2.28. The number of hydrogen-bond acceptors (Lipinski definition) is 6. The summed E-state index contributed by atoms with van der Waals surface area (Å²) in [5.41, 5.74) is 2.40. The van der Waals surface area contributed by atoms with Crippen LogP contribution in [0.15, 0.2) is 24.3 Å². The number of halogens is 1. The first-order chi connectivity index (χ1) is 17.2. The Labute approximate surface area is 220 Å². The largest absolute Gasteiger partial charge is 0.351 e. The molecule has 1 aliphatic heterocycles. The predicted octanol–water partition coefficient (Wildman–Crippen LogP) is 3.52. The van der Waals surface area contributed by atoms with E-state index in [-0.39, 0.29) is 23.9 Å². The molecule has 10 heteroatoms. The van der Waals surface area contributed by atoms with Crippen LogP contribution < -0.4 is 10.6 Å². The molecule has 0 radical (unpaired) electrons. The quantitative estimate of drug-likeness (QED) is 0.455. The molecule has 0 spiro atoms. The number of hydrogen-bond donors (Lipinski definition) is 3. The molecule has 3 N–H and O–H groups in total. The maximum absolute atomic E-state index is 13.3. The number of benzene rings is 1. The SMILES string of the molecule is CN(C)C[C@H]1CC[C@H](NC(=O)c2cc3cc(Cl)ccc3[nH]2)[C@H](NC(=O)c2nc3c(s2)CN(C)CC3)C1. The molecule has 2 amide bonds. The number of carbonyl (C=O) groups is 2. The zero-order valence-electron chi connectivity index (χ0n) is 20.9. The molecule has 3 atom stereocenters. The smallest absolute Gasteiger partial charge is 0.280 e. The van der Waals surface area contributed by atoms with Gasteiger partial charge in [0.15, 0.2) is 5.01 Å². The summed E-state index contributed by atoms with van der Waals surface area (Å²) in [7, 11) is 6.23. The van der Waals surface area contributed by atoms with Gasteiger partial charge in [0.2, 0.25) is 0 Å². The van der Waals surface area contributed by atoms with E-state index in [1.165, 1.54) is 16.2 Å². The highest BCUT2D eigenvalue weighted by molar-refractivity contribution is 7.13. The average molecular weight is 529 g/mol. The molecule has 3 heterocycles. The van der Waals surface area contributed by atoms with Crippen LogP contribution in [-0.2, 0) is 13.0 Å². The number of likely N-dealkylation sites (N-methyl/N-ethyl adjacent to an activating group) is 1. The van der Waals surface area contributed by atoms with Gasteiger partial charge in [0, 0.05) is 58.9 Å². The number of rotatable bonds is 6. The summed E-state index contributed by atoms with van der Waals surface area (Å²) in [4.78, 5) is 39.9. The highest BCUT2D eigenvalue weighted by Gasteiger charge is 2.34. The van der Waals surface area contributed by atoms with E-state index in [2.05, 4.69) is 51.5 Å². The zero-order valence-corrected chi connectivity index (χ0v) is 22.5. The van der Waals surface area contributed by atoms with Crippen LogP contribution >= 0.6 is 22.9 Å². The fraction of sp³-hybridized carbons (Fsp3) is 0.500. The number of fused-ring (bicyclic) bond motifs is 2. The van der Waals surface area contributed by atoms with Crippen molar-refractivity contribution in [1.82, 2.24) is 30.4 Å². The normalized spacial score (nSPS) is 22.5. The molecule has 5 rings (SSSR count). The van der Waals surface area contributed by atoms with Crippen LogP contribution in [0, 0.1) is 5.92 Å². The summed E-state index contributed by atoms with van der Waals surface area (Å²) >= 11 is 7.59. The number of H-pyrrole nitrogens is 1. The second-order valence-corrected chi connectivity index (χ2v) is 11.9. The van der Waals surface area contributed by atoms with Gasteiger partial charge in [-0.25, -0.2) is 4.98 Å². The lowest BCUT2D eigenvalue weighted by molar-refractivity contribution is 0.0834. The van der Waals surface area contributed by atoms with E-state index in [9.17, 15) is 9.59 Å². The van der Waals surface area contributed by atoms with E-state index >= 15 is 0 Å². The van der Waals surface area contributed by atoms with Gasteiger partial charge in [-0.15, -0.1) is 11.3 Å². The van der Waals surface area contributed by atoms with Crippen molar-refractivity contribution in [3.05, 3.63) is 50.6 Å². The molecule has 1 fully saturated rings. The average Bonchev–Trinajstić information content (AvgIpc) is 3.44. The van der Waals surface area contributed by atoms with Crippen molar-refractivity contribution in [2.45, 2.75) is 44.3 Å². The van der Waals surface area contributed by atoms with Gasteiger partial charge < -0.3 is 25.4 Å². The molecule has 8 nitrogen and oxygen atoms in total. The van der Waals surface area contributed by atoms with Crippen molar-refractivity contribution in [3.8, 4) is 0 Å². The van der Waals surface area contributed by atoms with E-state index < -0.39 is 0 Å². The lowest BCUT2D eigenvalue weighted by Crippen LogP contribution is -2.55. The number of carbonyl (C=O) groups excluding carboxylic acids is 2. The molecule has 36 heavy (non-hydrogen) atoms. The summed E-state index contributed by atoms with van der Waals surface area (Å²) in [6, 6.07) is 7.01. The molecular formula is C26H33ClN6O2S. The third-order valence-electron chi connectivity index (χ3n) is 7.16. The first-order valence-corrected chi connectivity index (χ1v) is 13.7. The minimum atomic E-state index is -0.176. The molecule has 0 bridgehead atoms. The van der Waals surface area contributed by atoms with Gasteiger partial charge in [-0.1, -0.05) is 11.6 Å². The molecule has 0 unspecified atom stereocenters. The second-order valence-electron chi connectivity index (χ2n) is 10.4. The summed E-state index contributed by atoms with van der Waals surface area (Å²) in [6.45, 7) is 2.75. The van der Waals surface area contributed by atoms with Gasteiger partial charge in [0.1, 0.15) is 5.69 Å². The van der Waals surface area contributed by atoms with E-state index in [4.69, 9.17) is 11.6 Å². The lowest BCUT2D eigenvalue weighted by atomic mass is 9.81. The molecule has 1 saturated carbocycles. The van der Waals surface area contributed by atoms with Crippen molar-refractivity contribution in [3.63, 3.8) is 0 Å². The van der Waals surface area contributed by atoms with Gasteiger partial charge in [-0.3, -0.25) is 9.59 Å². The van der Waals surface area contributed by atoms with Crippen LogP contribution in [0.5, 0.6) is 0 Å². The van der Waals surface area contributed by atoms with Crippen LogP contribution in [0.2, 0.25) is 5.02 Å². The monoisotopic (exact) mass is 528 g/mol. The first-order valence-electron chi connectivity index (χ1n) is 12.5. The van der Waals surface area contributed by atoms with Crippen molar-refractivity contribution in [2.75, 3.05) is 34.2 Å². The molecule has 2 aliphatic rings. The maximum Gasteiger partial charge on any atom is 0.280 e. The standard InChI is InChI=1S/C26H33ClN6O2S/c1-32(2)13-15-4-6-19(29-24(34)22-12-16-11-17(27)5-7-18(16)28-22)21(10-15)30-25(35)26-31-20-8-9-33(3)14-23(20)36-26/h5,7,11-12,15,19,21,28H,4,6,8-10,13-14H2,1-3H3,(H,29,34)(H,30,35)/t15-,19-,21+/m0/s1. The van der Waals surface area contributed by atoms with Gasteiger partial charge in [-0.05, 0) is 70.6 Å². The van der Waals surface area contributed by atoms with Gasteiger partial charge in [-0.2, -0.15) is 0 Å².